The zero-order chi connectivity index (χ0) is 20.2. The van der Waals surface area contributed by atoms with Gasteiger partial charge in [-0.3, -0.25) is 0 Å². The van der Waals surface area contributed by atoms with E-state index >= 15 is 0 Å². The second-order valence-electron chi connectivity index (χ2n) is 7.02. The van der Waals surface area contributed by atoms with Crippen molar-refractivity contribution in [3.05, 3.63) is 71.3 Å². The lowest BCUT2D eigenvalue weighted by Gasteiger charge is -2.18. The summed E-state index contributed by atoms with van der Waals surface area (Å²) in [6, 6.07) is 18.7. The highest BCUT2D eigenvalue weighted by Crippen LogP contribution is 2.13. The summed E-state index contributed by atoms with van der Waals surface area (Å²) in [6.07, 6.45) is 0. The summed E-state index contributed by atoms with van der Waals surface area (Å²) >= 11 is 0. The number of guanidine groups is 1. The molecule has 3 N–H and O–H groups in total. The molecule has 0 radical (unpaired) electrons. The molecule has 0 bridgehead atoms. The third kappa shape index (κ3) is 7.33. The summed E-state index contributed by atoms with van der Waals surface area (Å²) in [5, 5.41) is 16.4. The second-order valence-corrected chi connectivity index (χ2v) is 7.02. The maximum Gasteiger partial charge on any atom is 0.191 e. The quantitative estimate of drug-likeness (QED) is 0.437. The van der Waals surface area contributed by atoms with E-state index in [9.17, 15) is 5.11 Å². The summed E-state index contributed by atoms with van der Waals surface area (Å²) < 4.78 is 0. The van der Waals surface area contributed by atoms with Crippen LogP contribution in [0.2, 0.25) is 0 Å². The molecule has 0 heterocycles. The van der Waals surface area contributed by atoms with Gasteiger partial charge in [0.2, 0.25) is 0 Å². The minimum Gasteiger partial charge on any atom is -0.396 e. The number of rotatable bonds is 10. The van der Waals surface area contributed by atoms with Crippen LogP contribution in [0.3, 0.4) is 0 Å². The van der Waals surface area contributed by atoms with E-state index in [0.29, 0.717) is 13.1 Å². The smallest absolute Gasteiger partial charge is 0.191 e. The topological polar surface area (TPSA) is 59.9 Å². The number of aliphatic hydroxyl groups excluding tert-OH is 1. The zero-order valence-corrected chi connectivity index (χ0v) is 17.4. The summed E-state index contributed by atoms with van der Waals surface area (Å²) in [5.74, 6) is 0.811. The molecule has 0 spiro atoms. The van der Waals surface area contributed by atoms with Crippen LogP contribution in [0.5, 0.6) is 0 Å². The molecule has 0 aromatic heterocycles. The highest BCUT2D eigenvalue weighted by molar-refractivity contribution is 5.79. The maximum atomic E-state index is 9.75. The zero-order valence-electron chi connectivity index (χ0n) is 17.4. The molecule has 0 saturated heterocycles. The van der Waals surface area contributed by atoms with Gasteiger partial charge in [-0.15, -0.1) is 0 Å². The number of hydrogen-bond donors (Lipinski definition) is 3. The predicted octanol–water partition coefficient (Wildman–Crippen LogP) is 2.97. The fourth-order valence-electron chi connectivity index (χ4n) is 2.99. The van der Waals surface area contributed by atoms with Crippen molar-refractivity contribution < 1.29 is 5.11 Å². The van der Waals surface area contributed by atoms with Crippen LogP contribution in [0, 0.1) is 0 Å². The van der Waals surface area contributed by atoms with Crippen molar-refractivity contribution >= 4 is 5.96 Å². The Hall–Kier alpha value is -2.37. The molecular formula is C23H34N4O. The molecule has 28 heavy (non-hydrogen) atoms. The standard InChI is InChI=1S/C23H34N4O/c1-4-24-23(26-16-22(18-28)21-12-7-6-8-13-21)25-15-19-10-9-11-20(14-19)17-27(3)5-2/h6-14,22,28H,4-5,15-18H2,1-3H3,(H2,24,25,26). The Kier molecular flexibility index (Phi) is 9.52. The predicted molar refractivity (Wildman–Crippen MR) is 118 cm³/mol. The van der Waals surface area contributed by atoms with Crippen LogP contribution in [0.1, 0.15) is 36.5 Å². The van der Waals surface area contributed by atoms with Gasteiger partial charge in [0.05, 0.1) is 13.2 Å². The van der Waals surface area contributed by atoms with E-state index in [4.69, 9.17) is 4.99 Å². The van der Waals surface area contributed by atoms with E-state index in [1.807, 2.05) is 30.3 Å². The molecular weight excluding hydrogens is 348 g/mol. The van der Waals surface area contributed by atoms with Crippen molar-refractivity contribution in [2.45, 2.75) is 32.9 Å². The molecule has 152 valence electrons. The van der Waals surface area contributed by atoms with E-state index < -0.39 is 0 Å². The van der Waals surface area contributed by atoms with Crippen LogP contribution in [-0.2, 0) is 13.1 Å². The molecule has 5 heteroatoms. The number of hydrogen-bond acceptors (Lipinski definition) is 3. The van der Waals surface area contributed by atoms with E-state index in [-0.39, 0.29) is 12.5 Å². The van der Waals surface area contributed by atoms with E-state index in [0.717, 1.165) is 31.2 Å². The van der Waals surface area contributed by atoms with Crippen LogP contribution in [0.4, 0.5) is 0 Å². The average Bonchev–Trinajstić information content (AvgIpc) is 2.73. The number of aliphatic hydroxyl groups is 1. The average molecular weight is 383 g/mol. The normalized spacial score (nSPS) is 12.8. The van der Waals surface area contributed by atoms with Gasteiger partial charge in [0, 0.05) is 25.6 Å². The fraction of sp³-hybridized carbons (Fsp3) is 0.435. The van der Waals surface area contributed by atoms with E-state index in [1.165, 1.54) is 11.1 Å². The first-order valence-electron chi connectivity index (χ1n) is 10.1. The molecule has 0 aliphatic heterocycles. The summed E-state index contributed by atoms with van der Waals surface area (Å²) in [7, 11) is 2.13. The molecule has 1 unspecified atom stereocenters. The van der Waals surface area contributed by atoms with E-state index in [2.05, 4.69) is 60.7 Å². The molecule has 1 atom stereocenters. The number of nitrogens with zero attached hydrogens (tertiary/aromatic N) is 2. The Bertz CT molecular complexity index is 718. The monoisotopic (exact) mass is 382 g/mol. The van der Waals surface area contributed by atoms with Gasteiger partial charge >= 0.3 is 0 Å². The van der Waals surface area contributed by atoms with Crippen molar-refractivity contribution in [2.75, 3.05) is 33.3 Å². The van der Waals surface area contributed by atoms with Crippen molar-refractivity contribution in [3.63, 3.8) is 0 Å². The summed E-state index contributed by atoms with van der Waals surface area (Å²) in [6.45, 7) is 8.34. The molecule has 2 aromatic carbocycles. The minimum absolute atomic E-state index is 0.0398. The molecule has 2 aromatic rings. The largest absolute Gasteiger partial charge is 0.396 e. The van der Waals surface area contributed by atoms with Gasteiger partial charge in [-0.05, 0) is 37.2 Å². The first-order chi connectivity index (χ1) is 13.7. The van der Waals surface area contributed by atoms with Gasteiger partial charge in [-0.2, -0.15) is 0 Å². The van der Waals surface area contributed by atoms with Crippen molar-refractivity contribution in [1.82, 2.24) is 15.5 Å². The van der Waals surface area contributed by atoms with Crippen LogP contribution in [0.25, 0.3) is 0 Å². The van der Waals surface area contributed by atoms with Gasteiger partial charge in [0.1, 0.15) is 0 Å². The Labute approximate surface area is 169 Å². The molecule has 0 aliphatic carbocycles. The van der Waals surface area contributed by atoms with E-state index in [1.54, 1.807) is 0 Å². The first kappa shape index (κ1) is 21.9. The fourth-order valence-corrected chi connectivity index (χ4v) is 2.99. The van der Waals surface area contributed by atoms with Gasteiger partial charge in [-0.25, -0.2) is 4.99 Å². The number of aliphatic imine (C=N–C) groups is 1. The summed E-state index contributed by atoms with van der Waals surface area (Å²) in [5.41, 5.74) is 3.63. The summed E-state index contributed by atoms with van der Waals surface area (Å²) in [4.78, 5) is 7.01. The van der Waals surface area contributed by atoms with Gasteiger partial charge in [-0.1, -0.05) is 61.5 Å². The Balaban J connectivity index is 1.99. The maximum absolute atomic E-state index is 9.75. The molecule has 0 saturated carbocycles. The molecule has 0 fully saturated rings. The molecule has 0 amide bonds. The lowest BCUT2D eigenvalue weighted by molar-refractivity contribution is 0.265. The lowest BCUT2D eigenvalue weighted by Crippen LogP contribution is -2.39. The molecule has 0 aliphatic rings. The molecule has 2 rings (SSSR count). The Morgan fingerprint density at radius 3 is 2.46 bits per heavy atom. The van der Waals surface area contributed by atoms with Gasteiger partial charge < -0.3 is 20.6 Å². The SMILES string of the molecule is CCNC(=NCc1cccc(CN(C)CC)c1)NCC(CO)c1ccccc1. The van der Waals surface area contributed by atoms with Crippen LogP contribution in [0.15, 0.2) is 59.6 Å². The van der Waals surface area contributed by atoms with Crippen LogP contribution < -0.4 is 10.6 Å². The second kappa shape index (κ2) is 12.2. The minimum atomic E-state index is 0.0398. The van der Waals surface area contributed by atoms with Gasteiger partial charge in [0.15, 0.2) is 5.96 Å². The van der Waals surface area contributed by atoms with Gasteiger partial charge in [0.25, 0.3) is 0 Å². The van der Waals surface area contributed by atoms with Crippen molar-refractivity contribution in [1.29, 1.82) is 0 Å². The number of benzene rings is 2. The van der Waals surface area contributed by atoms with Crippen molar-refractivity contribution in [3.8, 4) is 0 Å². The first-order valence-corrected chi connectivity index (χ1v) is 10.1. The van der Waals surface area contributed by atoms with Crippen LogP contribution >= 0.6 is 0 Å². The van der Waals surface area contributed by atoms with Crippen LogP contribution in [-0.4, -0.2) is 49.3 Å². The highest BCUT2D eigenvalue weighted by Gasteiger charge is 2.10. The third-order valence-corrected chi connectivity index (χ3v) is 4.75. The molecule has 5 nitrogen and oxygen atoms in total. The Morgan fingerprint density at radius 1 is 1.04 bits per heavy atom. The Morgan fingerprint density at radius 2 is 1.79 bits per heavy atom. The lowest BCUT2D eigenvalue weighted by atomic mass is 10.0. The van der Waals surface area contributed by atoms with Crippen molar-refractivity contribution in [2.24, 2.45) is 4.99 Å². The highest BCUT2D eigenvalue weighted by atomic mass is 16.3. The third-order valence-electron chi connectivity index (χ3n) is 4.75. The number of nitrogens with one attached hydrogen (secondary N) is 2.